The Kier molecular flexibility index (Phi) is 2.29. The quantitative estimate of drug-likeness (QED) is 0.696. The first-order valence-electron chi connectivity index (χ1n) is 4.95. The highest BCUT2D eigenvalue weighted by Gasteiger charge is 2.64. The summed E-state index contributed by atoms with van der Waals surface area (Å²) in [5, 5.41) is 18.7. The van der Waals surface area contributed by atoms with E-state index >= 15 is 0 Å². The molecule has 0 saturated carbocycles. The molecular formula is C10H12ClNO4. The standard InChI is InChI=1S/C10H12ClNO4/c1-4(13)10(2)6-3-5(11)7(8(14)15)12(6)9(10)16/h4,6,13H,3H2,1-2H3,(H,14,15). The topological polar surface area (TPSA) is 77.8 Å². The number of aliphatic hydroxyl groups excluding tert-OH is 1. The van der Waals surface area contributed by atoms with Gasteiger partial charge in [-0.05, 0) is 13.8 Å². The molecule has 0 aromatic heterocycles. The number of carboxylic acid groups (broad SMARTS) is 1. The van der Waals surface area contributed by atoms with Gasteiger partial charge in [0.1, 0.15) is 5.70 Å². The number of nitrogens with zero attached hydrogens (tertiary/aromatic N) is 1. The summed E-state index contributed by atoms with van der Waals surface area (Å²) in [6.45, 7) is 3.16. The molecule has 2 aliphatic rings. The van der Waals surface area contributed by atoms with Crippen molar-refractivity contribution in [3.8, 4) is 0 Å². The third kappa shape index (κ3) is 1.10. The first-order chi connectivity index (χ1) is 7.31. The Morgan fingerprint density at radius 1 is 1.69 bits per heavy atom. The summed E-state index contributed by atoms with van der Waals surface area (Å²) in [7, 11) is 0. The van der Waals surface area contributed by atoms with Crippen molar-refractivity contribution in [2.75, 3.05) is 0 Å². The van der Waals surface area contributed by atoms with Crippen LogP contribution in [0.15, 0.2) is 10.7 Å². The Balaban J connectivity index is 2.36. The first kappa shape index (κ1) is 11.4. The van der Waals surface area contributed by atoms with Gasteiger partial charge in [0.05, 0.1) is 22.6 Å². The minimum absolute atomic E-state index is 0.144. The summed E-state index contributed by atoms with van der Waals surface area (Å²) in [6, 6.07) is -0.335. The first-order valence-corrected chi connectivity index (χ1v) is 5.33. The normalized spacial score (nSPS) is 34.9. The van der Waals surface area contributed by atoms with Crippen molar-refractivity contribution in [2.24, 2.45) is 5.41 Å². The Morgan fingerprint density at radius 2 is 2.25 bits per heavy atom. The number of fused-ring (bicyclic) bond motifs is 1. The van der Waals surface area contributed by atoms with Crippen molar-refractivity contribution in [3.05, 3.63) is 10.7 Å². The molecule has 0 aromatic carbocycles. The summed E-state index contributed by atoms with van der Waals surface area (Å²) < 4.78 is 0. The molecule has 16 heavy (non-hydrogen) atoms. The molecule has 6 heteroatoms. The Hall–Kier alpha value is -1.07. The van der Waals surface area contributed by atoms with Crippen molar-refractivity contribution in [2.45, 2.75) is 32.4 Å². The lowest BCUT2D eigenvalue weighted by Gasteiger charge is -2.52. The zero-order chi connectivity index (χ0) is 12.2. The third-order valence-corrected chi connectivity index (χ3v) is 3.96. The van der Waals surface area contributed by atoms with Crippen molar-refractivity contribution >= 4 is 23.5 Å². The fourth-order valence-electron chi connectivity index (χ4n) is 2.38. The van der Waals surface area contributed by atoms with Gasteiger partial charge < -0.3 is 10.2 Å². The molecule has 1 saturated heterocycles. The monoisotopic (exact) mass is 245 g/mol. The van der Waals surface area contributed by atoms with Crippen LogP contribution in [0, 0.1) is 5.41 Å². The molecule has 88 valence electrons. The second-order valence-corrected chi connectivity index (χ2v) is 4.87. The van der Waals surface area contributed by atoms with Crippen LogP contribution in [0.3, 0.4) is 0 Å². The van der Waals surface area contributed by atoms with E-state index in [0.717, 1.165) is 0 Å². The maximum atomic E-state index is 11.9. The van der Waals surface area contributed by atoms with E-state index in [1.807, 2.05) is 0 Å². The number of β-lactam (4-membered cyclic amide) rings is 1. The van der Waals surface area contributed by atoms with Gasteiger partial charge in [0.15, 0.2) is 0 Å². The van der Waals surface area contributed by atoms with E-state index < -0.39 is 17.5 Å². The van der Waals surface area contributed by atoms with Gasteiger partial charge in [-0.3, -0.25) is 9.69 Å². The minimum Gasteiger partial charge on any atom is -0.477 e. The fraction of sp³-hybridized carbons (Fsp3) is 0.600. The number of hydrogen-bond donors (Lipinski definition) is 2. The average Bonchev–Trinajstić information content (AvgIpc) is 2.51. The van der Waals surface area contributed by atoms with Gasteiger partial charge in [-0.15, -0.1) is 0 Å². The summed E-state index contributed by atoms with van der Waals surface area (Å²) in [5.41, 5.74) is -1.06. The fourth-order valence-corrected chi connectivity index (χ4v) is 2.70. The van der Waals surface area contributed by atoms with Gasteiger partial charge in [0, 0.05) is 6.42 Å². The molecule has 5 nitrogen and oxygen atoms in total. The number of halogens is 1. The second kappa shape index (κ2) is 3.21. The highest BCUT2D eigenvalue weighted by molar-refractivity contribution is 6.32. The Labute approximate surface area is 97.3 Å². The van der Waals surface area contributed by atoms with Crippen molar-refractivity contribution < 1.29 is 19.8 Å². The van der Waals surface area contributed by atoms with Crippen LogP contribution in [0.4, 0.5) is 0 Å². The summed E-state index contributed by atoms with van der Waals surface area (Å²) >= 11 is 5.82. The number of aliphatic hydroxyl groups is 1. The molecule has 3 atom stereocenters. The number of amides is 1. The molecule has 3 unspecified atom stereocenters. The lowest BCUT2D eigenvalue weighted by molar-refractivity contribution is -0.177. The van der Waals surface area contributed by atoms with E-state index in [1.165, 1.54) is 11.8 Å². The van der Waals surface area contributed by atoms with E-state index in [9.17, 15) is 14.7 Å². The number of carboxylic acids is 1. The number of carbonyl (C=O) groups is 2. The second-order valence-electron chi connectivity index (χ2n) is 4.41. The van der Waals surface area contributed by atoms with Gasteiger partial charge in [-0.1, -0.05) is 11.6 Å². The number of aliphatic carboxylic acids is 1. The van der Waals surface area contributed by atoms with Crippen molar-refractivity contribution in [1.82, 2.24) is 4.90 Å². The molecule has 1 fully saturated rings. The molecule has 0 bridgehead atoms. The highest BCUT2D eigenvalue weighted by Crippen LogP contribution is 2.52. The molecule has 0 radical (unpaired) electrons. The number of rotatable bonds is 2. The van der Waals surface area contributed by atoms with Crippen LogP contribution < -0.4 is 0 Å². The summed E-state index contributed by atoms with van der Waals surface area (Å²) in [4.78, 5) is 24.0. The maximum absolute atomic E-state index is 11.9. The molecule has 2 aliphatic heterocycles. The van der Waals surface area contributed by atoms with E-state index in [4.69, 9.17) is 16.7 Å². The minimum atomic E-state index is -1.20. The maximum Gasteiger partial charge on any atom is 0.353 e. The van der Waals surface area contributed by atoms with Crippen LogP contribution in [0.25, 0.3) is 0 Å². The molecule has 0 spiro atoms. The lowest BCUT2D eigenvalue weighted by Crippen LogP contribution is -2.69. The molecule has 0 aromatic rings. The smallest absolute Gasteiger partial charge is 0.353 e. The van der Waals surface area contributed by atoms with Gasteiger partial charge >= 0.3 is 5.97 Å². The molecule has 1 amide bonds. The van der Waals surface area contributed by atoms with Crippen molar-refractivity contribution in [1.29, 1.82) is 0 Å². The third-order valence-electron chi connectivity index (χ3n) is 3.62. The van der Waals surface area contributed by atoms with Crippen LogP contribution in [0.2, 0.25) is 0 Å². The van der Waals surface area contributed by atoms with E-state index in [1.54, 1.807) is 6.92 Å². The zero-order valence-electron chi connectivity index (χ0n) is 8.90. The van der Waals surface area contributed by atoms with Gasteiger partial charge in [0.2, 0.25) is 5.91 Å². The van der Waals surface area contributed by atoms with Crippen LogP contribution in [-0.2, 0) is 9.59 Å². The molecule has 2 N–H and O–H groups in total. The van der Waals surface area contributed by atoms with E-state index in [0.29, 0.717) is 6.42 Å². The molecular weight excluding hydrogens is 234 g/mol. The van der Waals surface area contributed by atoms with Crippen LogP contribution in [0.5, 0.6) is 0 Å². The predicted octanol–water partition coefficient (Wildman–Crippen LogP) is 0.523. The molecule has 0 aliphatic carbocycles. The van der Waals surface area contributed by atoms with Crippen LogP contribution in [-0.4, -0.2) is 39.1 Å². The largest absolute Gasteiger partial charge is 0.477 e. The van der Waals surface area contributed by atoms with E-state index in [-0.39, 0.29) is 22.7 Å². The van der Waals surface area contributed by atoms with Gasteiger partial charge in [-0.25, -0.2) is 4.79 Å². The highest BCUT2D eigenvalue weighted by atomic mass is 35.5. The zero-order valence-corrected chi connectivity index (χ0v) is 9.65. The average molecular weight is 246 g/mol. The SMILES string of the molecule is CC(O)C1(C)C(=O)N2C(C(=O)O)=C(Cl)CC21. The molecule has 2 rings (SSSR count). The van der Waals surface area contributed by atoms with Gasteiger partial charge in [0.25, 0.3) is 0 Å². The van der Waals surface area contributed by atoms with Crippen LogP contribution >= 0.6 is 11.6 Å². The Bertz CT molecular complexity index is 417. The molecule has 2 heterocycles. The van der Waals surface area contributed by atoms with Gasteiger partial charge in [-0.2, -0.15) is 0 Å². The Morgan fingerprint density at radius 3 is 2.69 bits per heavy atom. The number of hydrogen-bond acceptors (Lipinski definition) is 3. The predicted molar refractivity (Wildman–Crippen MR) is 55.6 cm³/mol. The summed E-state index contributed by atoms with van der Waals surface area (Å²) in [5.74, 6) is -1.57. The van der Waals surface area contributed by atoms with Crippen molar-refractivity contribution in [3.63, 3.8) is 0 Å². The van der Waals surface area contributed by atoms with Crippen LogP contribution in [0.1, 0.15) is 20.3 Å². The van der Waals surface area contributed by atoms with E-state index in [2.05, 4.69) is 0 Å². The summed E-state index contributed by atoms with van der Waals surface area (Å²) in [6.07, 6.45) is -0.519. The number of carbonyl (C=O) groups excluding carboxylic acids is 1. The lowest BCUT2D eigenvalue weighted by atomic mass is 9.68.